The second kappa shape index (κ2) is 6.76. The van der Waals surface area contributed by atoms with Crippen LogP contribution >= 0.6 is 15.9 Å². The highest BCUT2D eigenvalue weighted by atomic mass is 79.9. The van der Waals surface area contributed by atoms with Crippen LogP contribution in [-0.4, -0.2) is 14.2 Å². The molecule has 112 valence electrons. The third kappa shape index (κ3) is 3.64. The molecule has 0 atom stereocenters. The van der Waals surface area contributed by atoms with Gasteiger partial charge in [0, 0.05) is 18.2 Å². The fourth-order valence-corrected chi connectivity index (χ4v) is 2.18. The highest BCUT2D eigenvalue weighted by Gasteiger charge is 2.10. The summed E-state index contributed by atoms with van der Waals surface area (Å²) in [4.78, 5) is 0. The highest BCUT2D eigenvalue weighted by molar-refractivity contribution is 9.10. The van der Waals surface area contributed by atoms with Crippen LogP contribution in [0.4, 0.5) is 14.5 Å². The summed E-state index contributed by atoms with van der Waals surface area (Å²) in [6.07, 6.45) is 0. The molecule has 0 bridgehead atoms. The van der Waals surface area contributed by atoms with E-state index in [4.69, 9.17) is 9.47 Å². The van der Waals surface area contributed by atoms with Crippen molar-refractivity contribution in [2.45, 2.75) is 6.54 Å². The Morgan fingerprint density at radius 3 is 2.48 bits per heavy atom. The van der Waals surface area contributed by atoms with Crippen LogP contribution in [-0.2, 0) is 6.54 Å². The lowest BCUT2D eigenvalue weighted by Gasteiger charge is -2.13. The number of ether oxygens (including phenoxy) is 2. The second-order valence-corrected chi connectivity index (χ2v) is 5.13. The zero-order valence-corrected chi connectivity index (χ0v) is 13.1. The van der Waals surface area contributed by atoms with Crippen molar-refractivity contribution in [1.82, 2.24) is 0 Å². The van der Waals surface area contributed by atoms with Gasteiger partial charge in [0.15, 0.2) is 0 Å². The first-order chi connectivity index (χ1) is 10.0. The van der Waals surface area contributed by atoms with Gasteiger partial charge < -0.3 is 14.8 Å². The van der Waals surface area contributed by atoms with Gasteiger partial charge in [-0.15, -0.1) is 0 Å². The Morgan fingerprint density at radius 2 is 1.81 bits per heavy atom. The smallest absolute Gasteiger partial charge is 0.147 e. The standard InChI is InChI=1S/C15H14BrF2NO2/c1-20-10-3-4-15(21-2)9(5-10)8-19-14-7-12(17)11(16)6-13(14)18/h3-7,19H,8H2,1-2H3. The average Bonchev–Trinajstić information content (AvgIpc) is 2.49. The van der Waals surface area contributed by atoms with Gasteiger partial charge in [-0.1, -0.05) is 0 Å². The Hall–Kier alpha value is -1.82. The number of benzene rings is 2. The Labute approximate surface area is 130 Å². The van der Waals surface area contributed by atoms with E-state index in [1.165, 1.54) is 0 Å². The van der Waals surface area contributed by atoms with Gasteiger partial charge in [0.2, 0.25) is 0 Å². The minimum absolute atomic E-state index is 0.0839. The van der Waals surface area contributed by atoms with E-state index in [0.717, 1.165) is 17.7 Å². The minimum atomic E-state index is -0.537. The summed E-state index contributed by atoms with van der Waals surface area (Å²) < 4.78 is 37.7. The van der Waals surface area contributed by atoms with Crippen LogP contribution < -0.4 is 14.8 Å². The molecule has 2 aromatic carbocycles. The molecule has 0 saturated carbocycles. The Morgan fingerprint density at radius 1 is 1.05 bits per heavy atom. The first-order valence-corrected chi connectivity index (χ1v) is 6.93. The van der Waals surface area contributed by atoms with E-state index in [2.05, 4.69) is 21.2 Å². The summed E-state index contributed by atoms with van der Waals surface area (Å²) in [5.41, 5.74) is 0.861. The number of methoxy groups -OCH3 is 2. The maximum absolute atomic E-state index is 13.7. The molecule has 0 fully saturated rings. The summed E-state index contributed by atoms with van der Waals surface area (Å²) in [7, 11) is 3.11. The second-order valence-electron chi connectivity index (χ2n) is 4.28. The lowest BCUT2D eigenvalue weighted by molar-refractivity contribution is 0.399. The van der Waals surface area contributed by atoms with Gasteiger partial charge in [-0.3, -0.25) is 0 Å². The third-order valence-electron chi connectivity index (χ3n) is 2.97. The normalized spacial score (nSPS) is 10.3. The van der Waals surface area contributed by atoms with Gasteiger partial charge in [0.25, 0.3) is 0 Å². The molecule has 0 spiro atoms. The van der Waals surface area contributed by atoms with Gasteiger partial charge in [-0.05, 0) is 40.2 Å². The zero-order chi connectivity index (χ0) is 15.4. The number of hydrogen-bond acceptors (Lipinski definition) is 3. The molecule has 0 heterocycles. The maximum Gasteiger partial charge on any atom is 0.147 e. The van der Waals surface area contributed by atoms with E-state index < -0.39 is 11.6 Å². The van der Waals surface area contributed by atoms with E-state index >= 15 is 0 Å². The molecule has 2 aromatic rings. The summed E-state index contributed by atoms with van der Waals surface area (Å²) in [6.45, 7) is 0.276. The minimum Gasteiger partial charge on any atom is -0.497 e. The van der Waals surface area contributed by atoms with E-state index in [-0.39, 0.29) is 16.7 Å². The molecule has 0 aliphatic rings. The first-order valence-electron chi connectivity index (χ1n) is 6.14. The van der Waals surface area contributed by atoms with Crippen molar-refractivity contribution in [3.8, 4) is 11.5 Å². The van der Waals surface area contributed by atoms with Crippen molar-refractivity contribution in [2.75, 3.05) is 19.5 Å². The van der Waals surface area contributed by atoms with Crippen molar-refractivity contribution < 1.29 is 18.3 Å². The molecule has 0 aliphatic heterocycles. The number of hydrogen-bond donors (Lipinski definition) is 1. The SMILES string of the molecule is COc1ccc(OC)c(CNc2cc(F)c(Br)cc2F)c1. The van der Waals surface area contributed by atoms with Crippen LogP contribution in [0.1, 0.15) is 5.56 Å². The van der Waals surface area contributed by atoms with Crippen molar-refractivity contribution in [1.29, 1.82) is 0 Å². The molecule has 3 nitrogen and oxygen atoms in total. The molecule has 21 heavy (non-hydrogen) atoms. The van der Waals surface area contributed by atoms with Crippen molar-refractivity contribution in [3.63, 3.8) is 0 Å². The fraction of sp³-hybridized carbons (Fsp3) is 0.200. The predicted octanol–water partition coefficient (Wildman–Crippen LogP) is 4.36. The van der Waals surface area contributed by atoms with E-state index in [9.17, 15) is 8.78 Å². The van der Waals surface area contributed by atoms with Gasteiger partial charge in [0.1, 0.15) is 23.1 Å². The number of rotatable bonds is 5. The van der Waals surface area contributed by atoms with Crippen LogP contribution in [0.25, 0.3) is 0 Å². The largest absolute Gasteiger partial charge is 0.497 e. The molecule has 2 rings (SSSR count). The summed E-state index contributed by atoms with van der Waals surface area (Å²) >= 11 is 2.94. The van der Waals surface area contributed by atoms with E-state index in [1.807, 2.05) is 0 Å². The molecule has 0 aliphatic carbocycles. The van der Waals surface area contributed by atoms with Gasteiger partial charge in [0.05, 0.1) is 24.4 Å². The van der Waals surface area contributed by atoms with Crippen LogP contribution in [0.5, 0.6) is 11.5 Å². The quantitative estimate of drug-likeness (QED) is 0.806. The monoisotopic (exact) mass is 357 g/mol. The van der Waals surface area contributed by atoms with Crippen LogP contribution in [0.15, 0.2) is 34.8 Å². The Balaban J connectivity index is 2.21. The number of halogens is 3. The Kier molecular flexibility index (Phi) is 5.01. The molecule has 0 amide bonds. The van der Waals surface area contributed by atoms with Gasteiger partial charge in [-0.2, -0.15) is 0 Å². The summed E-state index contributed by atoms with van der Waals surface area (Å²) in [5, 5.41) is 2.85. The summed E-state index contributed by atoms with van der Waals surface area (Å²) in [6, 6.07) is 7.49. The first kappa shape index (κ1) is 15.6. The van der Waals surface area contributed by atoms with Crippen LogP contribution in [0.3, 0.4) is 0 Å². The lowest BCUT2D eigenvalue weighted by atomic mass is 10.1. The maximum atomic E-state index is 13.7. The van der Waals surface area contributed by atoms with E-state index in [0.29, 0.717) is 11.5 Å². The zero-order valence-electron chi connectivity index (χ0n) is 11.5. The molecule has 0 saturated heterocycles. The molecular formula is C15H14BrF2NO2. The Bertz CT molecular complexity index is 650. The molecule has 6 heteroatoms. The topological polar surface area (TPSA) is 30.5 Å². The molecule has 0 aromatic heterocycles. The number of anilines is 1. The molecule has 0 radical (unpaired) electrons. The fourth-order valence-electron chi connectivity index (χ4n) is 1.87. The third-order valence-corrected chi connectivity index (χ3v) is 3.57. The average molecular weight is 358 g/mol. The number of nitrogens with one attached hydrogen (secondary N) is 1. The highest BCUT2D eigenvalue weighted by Crippen LogP contribution is 2.27. The summed E-state index contributed by atoms with van der Waals surface area (Å²) in [5.74, 6) is 0.234. The van der Waals surface area contributed by atoms with Gasteiger partial charge in [-0.25, -0.2) is 8.78 Å². The predicted molar refractivity (Wildman–Crippen MR) is 80.9 cm³/mol. The van der Waals surface area contributed by atoms with Crippen molar-refractivity contribution in [2.24, 2.45) is 0 Å². The van der Waals surface area contributed by atoms with Crippen molar-refractivity contribution in [3.05, 3.63) is 52.0 Å². The van der Waals surface area contributed by atoms with Crippen LogP contribution in [0, 0.1) is 11.6 Å². The molecule has 1 N–H and O–H groups in total. The lowest BCUT2D eigenvalue weighted by Crippen LogP contribution is -2.04. The van der Waals surface area contributed by atoms with Crippen LogP contribution in [0.2, 0.25) is 0 Å². The van der Waals surface area contributed by atoms with Crippen molar-refractivity contribution >= 4 is 21.6 Å². The molecular weight excluding hydrogens is 344 g/mol. The van der Waals surface area contributed by atoms with E-state index in [1.54, 1.807) is 32.4 Å². The van der Waals surface area contributed by atoms with Gasteiger partial charge >= 0.3 is 0 Å². The molecule has 0 unspecified atom stereocenters.